The van der Waals surface area contributed by atoms with Gasteiger partial charge in [0.1, 0.15) is 11.9 Å². The summed E-state index contributed by atoms with van der Waals surface area (Å²) in [7, 11) is 0. The average Bonchev–Trinajstić information content (AvgIpc) is 2.70. The molecule has 2 rings (SSSR count). The van der Waals surface area contributed by atoms with E-state index in [1.165, 1.54) is 29.9 Å². The molecule has 1 unspecified atom stereocenters. The molecule has 1 atom stereocenters. The Kier molecular flexibility index (Phi) is 3.37. The maximum atomic E-state index is 13.1. The molecule has 1 heterocycles. The van der Waals surface area contributed by atoms with E-state index in [-0.39, 0.29) is 5.82 Å². The Morgan fingerprint density at radius 1 is 1.58 bits per heavy atom. The lowest BCUT2D eigenvalue weighted by Crippen LogP contribution is -2.06. The zero-order chi connectivity index (χ0) is 14.0. The Bertz CT molecular complexity index is 612. The second kappa shape index (κ2) is 4.97. The molecule has 0 aliphatic rings. The molecule has 7 heteroatoms. The second-order valence-corrected chi connectivity index (χ2v) is 3.92. The zero-order valence-electron chi connectivity index (χ0n) is 10.1. The molecule has 3 N–H and O–H groups in total. The molecule has 0 aliphatic heterocycles. The monoisotopic (exact) mass is 265 g/mol. The van der Waals surface area contributed by atoms with Crippen molar-refractivity contribution in [2.75, 3.05) is 5.73 Å². The Balaban J connectivity index is 2.33. The molecule has 0 aliphatic carbocycles. The van der Waals surface area contributed by atoms with Crippen LogP contribution in [0.2, 0.25) is 0 Å². The number of nitrogens with zero attached hydrogens (tertiary/aromatic N) is 2. The topological polar surface area (TPSA) is 90.4 Å². The van der Waals surface area contributed by atoms with Crippen molar-refractivity contribution in [2.24, 2.45) is 0 Å². The largest absolute Gasteiger partial charge is 0.506 e. The molecule has 1 aromatic carbocycles. The van der Waals surface area contributed by atoms with Gasteiger partial charge in [0.05, 0.1) is 11.3 Å². The van der Waals surface area contributed by atoms with Gasteiger partial charge in [-0.1, -0.05) is 6.07 Å². The first-order chi connectivity index (χ1) is 8.97. The number of hydrogen-bond donors (Lipinski definition) is 2. The van der Waals surface area contributed by atoms with E-state index in [2.05, 4.69) is 9.84 Å². The highest BCUT2D eigenvalue weighted by molar-refractivity contribution is 5.58. The number of halogens is 1. The highest BCUT2D eigenvalue weighted by Crippen LogP contribution is 2.24. The normalized spacial score (nSPS) is 12.1. The third kappa shape index (κ3) is 2.82. The Labute approximate surface area is 108 Å². The van der Waals surface area contributed by atoms with E-state index in [4.69, 9.17) is 10.8 Å². The predicted octanol–water partition coefficient (Wildman–Crippen LogP) is 2.35. The van der Waals surface area contributed by atoms with Crippen molar-refractivity contribution in [2.45, 2.75) is 13.0 Å². The van der Waals surface area contributed by atoms with Crippen molar-refractivity contribution in [3.05, 3.63) is 41.8 Å². The van der Waals surface area contributed by atoms with E-state index in [1.54, 1.807) is 12.1 Å². The molecule has 100 valence electrons. The molecule has 19 heavy (non-hydrogen) atoms. The van der Waals surface area contributed by atoms with Crippen molar-refractivity contribution < 1.29 is 19.0 Å². The molecule has 0 saturated carbocycles. The summed E-state index contributed by atoms with van der Waals surface area (Å²) in [6.45, 7) is 1.54. The highest BCUT2D eigenvalue weighted by atomic mass is 19.1. The first-order valence-corrected chi connectivity index (χ1v) is 5.48. The number of carbonyl (C=O) groups is 1. The zero-order valence-corrected chi connectivity index (χ0v) is 10.1. The average molecular weight is 265 g/mol. The first kappa shape index (κ1) is 12.9. The number of rotatable bonds is 3. The molecule has 0 spiro atoms. The van der Waals surface area contributed by atoms with Gasteiger partial charge in [0, 0.05) is 6.20 Å². The van der Waals surface area contributed by atoms with E-state index in [1.807, 2.05) is 0 Å². The fourth-order valence-electron chi connectivity index (χ4n) is 1.68. The van der Waals surface area contributed by atoms with E-state index in [9.17, 15) is 9.18 Å². The van der Waals surface area contributed by atoms with Gasteiger partial charge in [-0.05, 0) is 25.1 Å². The standard InChI is InChI=1S/C12H12FN3O3/c1-7(19-12(17)18)10-6-16(15-11(10)14)9-4-2-3-8(13)5-9/h2-7H,1H3,(H2,14,15)(H,17,18). The van der Waals surface area contributed by atoms with Gasteiger partial charge in [0.25, 0.3) is 0 Å². The van der Waals surface area contributed by atoms with Crippen molar-refractivity contribution in [3.63, 3.8) is 0 Å². The summed E-state index contributed by atoms with van der Waals surface area (Å²) < 4.78 is 19.1. The number of nitrogens with two attached hydrogens (primary N) is 1. The molecule has 0 fully saturated rings. The van der Waals surface area contributed by atoms with Crippen molar-refractivity contribution in [3.8, 4) is 5.69 Å². The quantitative estimate of drug-likeness (QED) is 0.831. The van der Waals surface area contributed by atoms with Gasteiger partial charge in [0.2, 0.25) is 0 Å². The summed E-state index contributed by atoms with van der Waals surface area (Å²) >= 11 is 0. The lowest BCUT2D eigenvalue weighted by molar-refractivity contribution is 0.0590. The minimum atomic E-state index is -1.40. The van der Waals surface area contributed by atoms with Crippen LogP contribution in [0.5, 0.6) is 0 Å². The SMILES string of the molecule is CC(OC(=O)O)c1cn(-c2cccc(F)c2)nc1N. The maximum absolute atomic E-state index is 13.1. The molecule has 0 saturated heterocycles. The molecule has 1 aromatic heterocycles. The van der Waals surface area contributed by atoms with Crippen LogP contribution in [0.1, 0.15) is 18.6 Å². The second-order valence-electron chi connectivity index (χ2n) is 3.92. The van der Waals surface area contributed by atoms with Crippen LogP contribution in [0, 0.1) is 5.82 Å². The lowest BCUT2D eigenvalue weighted by atomic mass is 10.2. The van der Waals surface area contributed by atoms with Gasteiger partial charge in [-0.3, -0.25) is 0 Å². The Hall–Kier alpha value is -2.57. The van der Waals surface area contributed by atoms with Crippen molar-refractivity contribution in [1.29, 1.82) is 0 Å². The summed E-state index contributed by atoms with van der Waals surface area (Å²) in [5.41, 5.74) is 6.60. The minimum absolute atomic E-state index is 0.137. The molecule has 0 radical (unpaired) electrons. The Morgan fingerprint density at radius 2 is 2.32 bits per heavy atom. The van der Waals surface area contributed by atoms with Gasteiger partial charge < -0.3 is 15.6 Å². The number of aromatic nitrogens is 2. The Morgan fingerprint density at radius 3 is 2.95 bits per heavy atom. The molecule has 0 bridgehead atoms. The van der Waals surface area contributed by atoms with Gasteiger partial charge in [0.15, 0.2) is 5.82 Å². The van der Waals surface area contributed by atoms with E-state index in [0.29, 0.717) is 11.3 Å². The van der Waals surface area contributed by atoms with Gasteiger partial charge in [-0.15, -0.1) is 0 Å². The van der Waals surface area contributed by atoms with Crippen LogP contribution >= 0.6 is 0 Å². The number of hydrogen-bond acceptors (Lipinski definition) is 4. The fraction of sp³-hybridized carbons (Fsp3) is 0.167. The van der Waals surface area contributed by atoms with Crippen LogP contribution in [-0.4, -0.2) is 21.0 Å². The lowest BCUT2D eigenvalue weighted by Gasteiger charge is -2.08. The van der Waals surface area contributed by atoms with Crippen LogP contribution in [0.3, 0.4) is 0 Å². The third-order valence-electron chi connectivity index (χ3n) is 2.56. The predicted molar refractivity (Wildman–Crippen MR) is 65.5 cm³/mol. The van der Waals surface area contributed by atoms with Crippen LogP contribution in [0.15, 0.2) is 30.5 Å². The van der Waals surface area contributed by atoms with E-state index < -0.39 is 18.1 Å². The maximum Gasteiger partial charge on any atom is 0.506 e. The summed E-state index contributed by atoms with van der Waals surface area (Å²) in [4.78, 5) is 10.5. The summed E-state index contributed by atoms with van der Waals surface area (Å²) in [5.74, 6) is -0.263. The molecule has 0 amide bonds. The molecular weight excluding hydrogens is 253 g/mol. The van der Waals surface area contributed by atoms with Gasteiger partial charge >= 0.3 is 6.16 Å². The molecule has 6 nitrogen and oxygen atoms in total. The molecule has 2 aromatic rings. The number of ether oxygens (including phenoxy) is 1. The van der Waals surface area contributed by atoms with Crippen molar-refractivity contribution in [1.82, 2.24) is 9.78 Å². The first-order valence-electron chi connectivity index (χ1n) is 5.48. The summed E-state index contributed by atoms with van der Waals surface area (Å²) in [6, 6.07) is 5.80. The summed E-state index contributed by atoms with van der Waals surface area (Å²) in [5, 5.41) is 12.6. The minimum Gasteiger partial charge on any atom is -0.450 e. The van der Waals surface area contributed by atoms with Crippen LogP contribution in [0.4, 0.5) is 15.0 Å². The van der Waals surface area contributed by atoms with Gasteiger partial charge in [-0.2, -0.15) is 5.10 Å². The van der Waals surface area contributed by atoms with Crippen LogP contribution < -0.4 is 5.73 Å². The van der Waals surface area contributed by atoms with Crippen LogP contribution in [-0.2, 0) is 4.74 Å². The van der Waals surface area contributed by atoms with Gasteiger partial charge in [-0.25, -0.2) is 13.9 Å². The highest BCUT2D eigenvalue weighted by Gasteiger charge is 2.17. The molecular formula is C12H12FN3O3. The van der Waals surface area contributed by atoms with Crippen LogP contribution in [0.25, 0.3) is 5.69 Å². The smallest absolute Gasteiger partial charge is 0.450 e. The fourth-order valence-corrected chi connectivity index (χ4v) is 1.68. The summed E-state index contributed by atoms with van der Waals surface area (Å²) in [6.07, 6.45) is -0.636. The van der Waals surface area contributed by atoms with E-state index in [0.717, 1.165) is 0 Å². The number of nitrogen functional groups attached to an aromatic ring is 1. The van der Waals surface area contributed by atoms with E-state index >= 15 is 0 Å². The number of carboxylic acid groups (broad SMARTS) is 1. The number of benzene rings is 1. The van der Waals surface area contributed by atoms with Crippen molar-refractivity contribution >= 4 is 12.0 Å². The number of anilines is 1. The third-order valence-corrected chi connectivity index (χ3v) is 2.56.